The van der Waals surface area contributed by atoms with Crippen LogP contribution in [0.3, 0.4) is 0 Å². The van der Waals surface area contributed by atoms with Gasteiger partial charge < -0.3 is 25.4 Å². The van der Waals surface area contributed by atoms with E-state index in [0.717, 1.165) is 29.7 Å². The number of rotatable bonds is 12. The Morgan fingerprint density at radius 1 is 0.938 bits per heavy atom. The summed E-state index contributed by atoms with van der Waals surface area (Å²) in [6, 6.07) is 15.0. The predicted molar refractivity (Wildman–Crippen MR) is 178 cm³/mol. The third kappa shape index (κ3) is 6.39. The number of aliphatic carboxylic acids is 1. The normalized spacial score (nSPS) is 28.8. The predicted octanol–water partition coefficient (Wildman–Crippen LogP) is 5.15. The zero-order valence-electron chi connectivity index (χ0n) is 27.9. The number of carbonyl (C=O) groups excluding carboxylic acids is 4. The number of hydrogen-bond donors (Lipinski definition) is 3. The molecule has 0 aromatic heterocycles. The number of nitrogens with one attached hydrogen (secondary N) is 2. The molecule has 11 heteroatoms. The average Bonchev–Trinajstić information content (AvgIpc) is 3.23. The number of imide groups is 1. The van der Waals surface area contributed by atoms with Gasteiger partial charge in [-0.05, 0) is 80.2 Å². The largest absolute Gasteiger partial charge is 0.480 e. The number of ether oxygens (including phenoxy) is 1. The summed E-state index contributed by atoms with van der Waals surface area (Å²) in [5.41, 5.74) is -0.000642. The molecule has 1 aliphatic heterocycles. The SMILES string of the molecule is CC(C)C(C(=O)NC[C@H](NC(=O)OCC12CC3CC(CC(C3)C1)C2)C(=O)O)N1C(=O)N(Cc2ccccc2)C(C)(c2ccccc2)C1=O.[HH]. The van der Waals surface area contributed by atoms with Crippen molar-refractivity contribution in [2.75, 3.05) is 13.2 Å². The van der Waals surface area contributed by atoms with Gasteiger partial charge in [0, 0.05) is 19.9 Å². The fourth-order valence-corrected chi connectivity index (χ4v) is 9.13. The third-order valence-corrected chi connectivity index (χ3v) is 11.1. The van der Waals surface area contributed by atoms with Crippen molar-refractivity contribution in [3.8, 4) is 0 Å². The number of urea groups is 1. The van der Waals surface area contributed by atoms with Gasteiger partial charge in [0.2, 0.25) is 5.91 Å². The van der Waals surface area contributed by atoms with Crippen molar-refractivity contribution < 1.29 is 35.2 Å². The van der Waals surface area contributed by atoms with Gasteiger partial charge in [-0.3, -0.25) is 9.59 Å². The zero-order chi connectivity index (χ0) is 34.2. The molecule has 11 nitrogen and oxygen atoms in total. The van der Waals surface area contributed by atoms with Crippen LogP contribution in [0.2, 0.25) is 0 Å². The van der Waals surface area contributed by atoms with Crippen molar-refractivity contribution in [2.45, 2.75) is 83.5 Å². The number of carbonyl (C=O) groups is 5. The first-order chi connectivity index (χ1) is 22.9. The molecular formula is C37H48N4O7. The molecule has 5 aliphatic rings. The summed E-state index contributed by atoms with van der Waals surface area (Å²) < 4.78 is 5.61. The van der Waals surface area contributed by atoms with E-state index in [1.165, 1.54) is 24.2 Å². The molecular weight excluding hydrogens is 612 g/mol. The van der Waals surface area contributed by atoms with Gasteiger partial charge in [0.25, 0.3) is 5.91 Å². The fourth-order valence-electron chi connectivity index (χ4n) is 9.13. The van der Waals surface area contributed by atoms with Gasteiger partial charge in [-0.25, -0.2) is 19.3 Å². The molecule has 7 rings (SSSR count). The Morgan fingerprint density at radius 3 is 2.04 bits per heavy atom. The summed E-state index contributed by atoms with van der Waals surface area (Å²) >= 11 is 0. The van der Waals surface area contributed by atoms with Crippen LogP contribution in [0.25, 0.3) is 0 Å². The van der Waals surface area contributed by atoms with E-state index in [2.05, 4.69) is 10.6 Å². The smallest absolute Gasteiger partial charge is 0.407 e. The molecule has 3 N–H and O–H groups in total. The van der Waals surface area contributed by atoms with Gasteiger partial charge >= 0.3 is 18.1 Å². The minimum atomic E-state index is -1.47. The van der Waals surface area contributed by atoms with E-state index in [0.29, 0.717) is 23.3 Å². The fraction of sp³-hybridized carbons (Fsp3) is 0.541. The molecule has 4 saturated carbocycles. The Balaban J connectivity index is 0.00000468. The van der Waals surface area contributed by atoms with E-state index < -0.39 is 60.0 Å². The molecule has 258 valence electrons. The number of carboxylic acids is 1. The molecule has 48 heavy (non-hydrogen) atoms. The second-order valence-electron chi connectivity index (χ2n) is 14.9. The van der Waals surface area contributed by atoms with Gasteiger partial charge in [-0.15, -0.1) is 0 Å². The summed E-state index contributed by atoms with van der Waals surface area (Å²) in [7, 11) is 0. The van der Waals surface area contributed by atoms with E-state index in [1.54, 1.807) is 45.0 Å². The molecule has 2 unspecified atom stereocenters. The van der Waals surface area contributed by atoms with Crippen molar-refractivity contribution in [2.24, 2.45) is 29.1 Å². The molecule has 0 spiro atoms. The van der Waals surface area contributed by atoms with Crippen LogP contribution in [-0.4, -0.2) is 70.0 Å². The number of benzene rings is 2. The van der Waals surface area contributed by atoms with E-state index in [9.17, 15) is 29.1 Å². The lowest BCUT2D eigenvalue weighted by Crippen LogP contribution is -2.56. The second-order valence-corrected chi connectivity index (χ2v) is 14.9. The van der Waals surface area contributed by atoms with Gasteiger partial charge in [0.1, 0.15) is 17.6 Å². The van der Waals surface area contributed by atoms with Crippen molar-refractivity contribution >= 4 is 29.9 Å². The van der Waals surface area contributed by atoms with Crippen molar-refractivity contribution in [3.05, 3.63) is 71.8 Å². The summed E-state index contributed by atoms with van der Waals surface area (Å²) in [5, 5.41) is 14.9. The topological polar surface area (TPSA) is 145 Å². The summed E-state index contributed by atoms with van der Waals surface area (Å²) in [5.74, 6) is -1.04. The quantitative estimate of drug-likeness (QED) is 0.267. The Kier molecular flexibility index (Phi) is 9.24. The van der Waals surface area contributed by atoms with E-state index in [-0.39, 0.29) is 20.0 Å². The molecule has 5 fully saturated rings. The highest BCUT2D eigenvalue weighted by molar-refractivity contribution is 6.10. The van der Waals surface area contributed by atoms with Gasteiger partial charge in [-0.1, -0.05) is 74.5 Å². The number of carboxylic acid groups (broad SMARTS) is 1. The van der Waals surface area contributed by atoms with Crippen LogP contribution >= 0.6 is 0 Å². The molecule has 5 amide bonds. The monoisotopic (exact) mass is 660 g/mol. The average molecular weight is 661 g/mol. The Bertz CT molecular complexity index is 1520. The summed E-state index contributed by atoms with van der Waals surface area (Å²) in [4.78, 5) is 69.6. The number of hydrogen-bond acceptors (Lipinski definition) is 6. The summed E-state index contributed by atoms with van der Waals surface area (Å²) in [6.45, 7) is 5.06. The molecule has 0 radical (unpaired) electrons. The number of alkyl carbamates (subject to hydrolysis) is 1. The molecule has 1 saturated heterocycles. The van der Waals surface area contributed by atoms with Crippen LogP contribution in [0.4, 0.5) is 9.59 Å². The molecule has 2 aromatic rings. The maximum Gasteiger partial charge on any atom is 0.407 e. The molecule has 2 aromatic carbocycles. The first-order valence-electron chi connectivity index (χ1n) is 17.1. The lowest BCUT2D eigenvalue weighted by molar-refractivity contribution is -0.142. The van der Waals surface area contributed by atoms with Crippen molar-refractivity contribution in [1.82, 2.24) is 20.4 Å². The molecule has 3 atom stereocenters. The van der Waals surface area contributed by atoms with E-state index in [4.69, 9.17) is 4.74 Å². The van der Waals surface area contributed by atoms with Crippen LogP contribution in [0.5, 0.6) is 0 Å². The highest BCUT2D eigenvalue weighted by atomic mass is 16.5. The highest BCUT2D eigenvalue weighted by Crippen LogP contribution is 2.60. The van der Waals surface area contributed by atoms with Crippen molar-refractivity contribution in [1.29, 1.82) is 0 Å². The third-order valence-electron chi connectivity index (χ3n) is 11.1. The lowest BCUT2D eigenvalue weighted by Gasteiger charge is -2.56. The molecule has 1 heterocycles. The minimum Gasteiger partial charge on any atom is -0.480 e. The van der Waals surface area contributed by atoms with E-state index in [1.807, 2.05) is 36.4 Å². The highest BCUT2D eigenvalue weighted by Gasteiger charge is 2.58. The van der Waals surface area contributed by atoms with Gasteiger partial charge in [0.15, 0.2) is 0 Å². The Morgan fingerprint density at radius 2 is 1.50 bits per heavy atom. The minimum absolute atomic E-state index is 0. The van der Waals surface area contributed by atoms with Crippen LogP contribution in [-0.2, 0) is 31.2 Å². The maximum atomic E-state index is 14.3. The standard InChI is InChI=1S/C37H46N4O7.H2/c1-23(2)30(41-33(45)36(3,28-12-8-5-9-13-28)40(35(41)47)21-24-10-6-4-7-11-24)31(42)38-20-29(32(43)44)39-34(46)48-22-37-17-25-14-26(18-37)16-27(15-25)19-37;/h4-13,23,25-27,29-30H,14-22H2,1-3H3,(H,38,42)(H,39,46)(H,43,44);1H/t25?,26?,27?,29-,30?,36?,37?;/m0./s1. The zero-order valence-corrected chi connectivity index (χ0v) is 27.9. The van der Waals surface area contributed by atoms with Crippen LogP contribution in [0.15, 0.2) is 60.7 Å². The number of nitrogens with zero attached hydrogens (tertiary/aromatic N) is 2. The Labute approximate surface area is 282 Å². The van der Waals surface area contributed by atoms with Gasteiger partial charge in [-0.2, -0.15) is 0 Å². The maximum absolute atomic E-state index is 14.3. The van der Waals surface area contributed by atoms with Crippen LogP contribution < -0.4 is 10.6 Å². The summed E-state index contributed by atoms with van der Waals surface area (Å²) in [6.07, 6.45) is 6.07. The first kappa shape index (κ1) is 33.5. The number of amides is 5. The lowest BCUT2D eigenvalue weighted by atomic mass is 9.50. The first-order valence-corrected chi connectivity index (χ1v) is 17.1. The van der Waals surface area contributed by atoms with Crippen molar-refractivity contribution in [3.63, 3.8) is 0 Å². The molecule has 4 aliphatic carbocycles. The molecule has 4 bridgehead atoms. The van der Waals surface area contributed by atoms with E-state index >= 15 is 0 Å². The van der Waals surface area contributed by atoms with Crippen LogP contribution in [0, 0.1) is 29.1 Å². The second kappa shape index (κ2) is 13.2. The Hall–Kier alpha value is -4.41. The van der Waals surface area contributed by atoms with Crippen LogP contribution in [0.1, 0.15) is 71.8 Å². The van der Waals surface area contributed by atoms with Gasteiger partial charge in [0.05, 0.1) is 6.61 Å².